The van der Waals surface area contributed by atoms with Gasteiger partial charge in [-0.15, -0.1) is 0 Å². The van der Waals surface area contributed by atoms with Crippen LogP contribution in [0.15, 0.2) is 22.8 Å². The van der Waals surface area contributed by atoms with Crippen molar-refractivity contribution in [3.63, 3.8) is 0 Å². The van der Waals surface area contributed by atoms with Crippen LogP contribution in [0.1, 0.15) is 28.7 Å². The standard InChI is InChI=1S/C13H14BrN3O2/c1-4-19-13(18)10-6-5-7-15-12(10)17-9(3)11(14)8(2)16-17/h5-7H,4H2,1-3H3. The number of carbonyl (C=O) groups is 1. The van der Waals surface area contributed by atoms with Crippen LogP contribution in [0.5, 0.6) is 0 Å². The number of pyridine rings is 1. The highest BCUT2D eigenvalue weighted by Crippen LogP contribution is 2.23. The summed E-state index contributed by atoms with van der Waals surface area (Å²) in [6.07, 6.45) is 1.63. The Kier molecular flexibility index (Phi) is 3.99. The lowest BCUT2D eigenvalue weighted by Gasteiger charge is -2.09. The van der Waals surface area contributed by atoms with E-state index in [1.165, 1.54) is 0 Å². The Morgan fingerprint density at radius 1 is 1.47 bits per heavy atom. The molecule has 0 aliphatic carbocycles. The van der Waals surface area contributed by atoms with E-state index >= 15 is 0 Å². The van der Waals surface area contributed by atoms with Gasteiger partial charge in [0.2, 0.25) is 0 Å². The highest BCUT2D eigenvalue weighted by Gasteiger charge is 2.18. The highest BCUT2D eigenvalue weighted by molar-refractivity contribution is 9.10. The van der Waals surface area contributed by atoms with Crippen LogP contribution in [0.2, 0.25) is 0 Å². The normalized spacial score (nSPS) is 10.5. The number of hydrogen-bond donors (Lipinski definition) is 0. The minimum absolute atomic E-state index is 0.327. The number of carbonyl (C=O) groups excluding carboxylic acids is 1. The molecule has 2 aromatic rings. The summed E-state index contributed by atoms with van der Waals surface area (Å²) in [5.41, 5.74) is 2.14. The number of aromatic nitrogens is 3. The molecule has 0 saturated carbocycles. The van der Waals surface area contributed by atoms with Crippen LogP contribution in [0.4, 0.5) is 0 Å². The Balaban J connectivity index is 2.56. The number of rotatable bonds is 3. The molecule has 6 heteroatoms. The first-order valence-electron chi connectivity index (χ1n) is 5.90. The summed E-state index contributed by atoms with van der Waals surface area (Å²) in [6, 6.07) is 3.39. The Hall–Kier alpha value is -1.69. The second kappa shape index (κ2) is 5.52. The molecule has 0 bridgehead atoms. The van der Waals surface area contributed by atoms with Crippen molar-refractivity contribution in [2.24, 2.45) is 0 Å². The van der Waals surface area contributed by atoms with Crippen LogP contribution in [0.3, 0.4) is 0 Å². The maximum Gasteiger partial charge on any atom is 0.341 e. The van der Waals surface area contributed by atoms with E-state index < -0.39 is 5.97 Å². The molecular weight excluding hydrogens is 310 g/mol. The zero-order valence-electron chi connectivity index (χ0n) is 11.0. The van der Waals surface area contributed by atoms with Crippen molar-refractivity contribution in [3.8, 4) is 5.82 Å². The van der Waals surface area contributed by atoms with Crippen LogP contribution in [0, 0.1) is 13.8 Å². The van der Waals surface area contributed by atoms with Gasteiger partial charge >= 0.3 is 5.97 Å². The quantitative estimate of drug-likeness (QED) is 0.815. The molecule has 0 fully saturated rings. The van der Waals surface area contributed by atoms with E-state index in [4.69, 9.17) is 4.74 Å². The lowest BCUT2D eigenvalue weighted by Crippen LogP contribution is -2.12. The molecule has 0 radical (unpaired) electrons. The third-order valence-corrected chi connectivity index (χ3v) is 3.83. The lowest BCUT2D eigenvalue weighted by molar-refractivity contribution is 0.0525. The fourth-order valence-corrected chi connectivity index (χ4v) is 2.01. The van der Waals surface area contributed by atoms with Gasteiger partial charge in [-0.2, -0.15) is 5.10 Å². The molecule has 0 atom stereocenters. The largest absolute Gasteiger partial charge is 0.462 e. The summed E-state index contributed by atoms with van der Waals surface area (Å²) in [4.78, 5) is 16.2. The predicted molar refractivity (Wildman–Crippen MR) is 74.5 cm³/mol. The van der Waals surface area contributed by atoms with Gasteiger partial charge in [0.05, 0.1) is 22.5 Å². The molecule has 0 unspecified atom stereocenters. The van der Waals surface area contributed by atoms with Crippen LogP contribution >= 0.6 is 15.9 Å². The SMILES string of the molecule is CCOC(=O)c1cccnc1-n1nc(C)c(Br)c1C. The summed E-state index contributed by atoms with van der Waals surface area (Å²) < 4.78 is 7.59. The number of nitrogens with zero attached hydrogens (tertiary/aromatic N) is 3. The average molecular weight is 324 g/mol. The van der Waals surface area contributed by atoms with Crippen LogP contribution < -0.4 is 0 Å². The first-order valence-corrected chi connectivity index (χ1v) is 6.69. The number of ether oxygens (including phenoxy) is 1. The van der Waals surface area contributed by atoms with Crippen LogP contribution in [-0.2, 0) is 4.74 Å². The summed E-state index contributed by atoms with van der Waals surface area (Å²) in [5, 5.41) is 4.38. The highest BCUT2D eigenvalue weighted by atomic mass is 79.9. The molecule has 19 heavy (non-hydrogen) atoms. The van der Waals surface area contributed by atoms with Gasteiger partial charge in [-0.3, -0.25) is 0 Å². The fourth-order valence-electron chi connectivity index (χ4n) is 1.76. The number of esters is 1. The fraction of sp³-hybridized carbons (Fsp3) is 0.308. The van der Waals surface area contributed by atoms with Gasteiger partial charge in [-0.25, -0.2) is 14.5 Å². The number of halogens is 1. The van der Waals surface area contributed by atoms with E-state index in [1.807, 2.05) is 13.8 Å². The Bertz CT molecular complexity index is 622. The van der Waals surface area contributed by atoms with Gasteiger partial charge in [-0.05, 0) is 48.8 Å². The van der Waals surface area contributed by atoms with Crippen molar-refractivity contribution in [1.29, 1.82) is 0 Å². The molecule has 100 valence electrons. The summed E-state index contributed by atoms with van der Waals surface area (Å²) in [5.74, 6) is 0.0847. The zero-order valence-corrected chi connectivity index (χ0v) is 12.6. The molecule has 2 aromatic heterocycles. The molecule has 0 amide bonds. The van der Waals surface area contributed by atoms with E-state index in [0.717, 1.165) is 15.9 Å². The number of aryl methyl sites for hydroxylation is 1. The number of hydrogen-bond acceptors (Lipinski definition) is 4. The lowest BCUT2D eigenvalue weighted by atomic mass is 10.2. The predicted octanol–water partition coefficient (Wildman–Crippen LogP) is 2.82. The van der Waals surface area contributed by atoms with Gasteiger partial charge in [0.1, 0.15) is 5.56 Å². The molecule has 2 heterocycles. The van der Waals surface area contributed by atoms with Crippen molar-refractivity contribution in [1.82, 2.24) is 14.8 Å². The Morgan fingerprint density at radius 3 is 2.79 bits per heavy atom. The molecule has 0 N–H and O–H groups in total. The van der Waals surface area contributed by atoms with Gasteiger partial charge in [0.25, 0.3) is 0 Å². The topological polar surface area (TPSA) is 57.0 Å². The maximum atomic E-state index is 11.9. The van der Waals surface area contributed by atoms with E-state index in [2.05, 4.69) is 26.0 Å². The van der Waals surface area contributed by atoms with Gasteiger partial charge in [-0.1, -0.05) is 0 Å². The van der Waals surface area contributed by atoms with Crippen LogP contribution in [-0.4, -0.2) is 27.3 Å². The first kappa shape index (κ1) is 13.7. The van der Waals surface area contributed by atoms with Crippen LogP contribution in [0.25, 0.3) is 5.82 Å². The van der Waals surface area contributed by atoms with E-state index in [1.54, 1.807) is 29.9 Å². The zero-order chi connectivity index (χ0) is 14.0. The van der Waals surface area contributed by atoms with Gasteiger partial charge in [0.15, 0.2) is 5.82 Å². The Morgan fingerprint density at radius 2 is 2.21 bits per heavy atom. The first-order chi connectivity index (χ1) is 9.06. The molecule has 0 aliphatic rings. The van der Waals surface area contributed by atoms with Crippen molar-refractivity contribution in [2.75, 3.05) is 6.61 Å². The van der Waals surface area contributed by atoms with Crippen molar-refractivity contribution < 1.29 is 9.53 Å². The summed E-state index contributed by atoms with van der Waals surface area (Å²) in [6.45, 7) is 5.90. The molecule has 2 rings (SSSR count). The average Bonchev–Trinajstić information content (AvgIpc) is 2.67. The second-order valence-corrected chi connectivity index (χ2v) is 4.78. The minimum Gasteiger partial charge on any atom is -0.462 e. The smallest absolute Gasteiger partial charge is 0.341 e. The van der Waals surface area contributed by atoms with Gasteiger partial charge in [0, 0.05) is 6.20 Å². The molecule has 0 aromatic carbocycles. The van der Waals surface area contributed by atoms with Crippen molar-refractivity contribution in [2.45, 2.75) is 20.8 Å². The van der Waals surface area contributed by atoms with Crippen molar-refractivity contribution in [3.05, 3.63) is 39.8 Å². The maximum absolute atomic E-state index is 11.9. The molecule has 0 spiro atoms. The third-order valence-electron chi connectivity index (χ3n) is 2.69. The molecule has 0 aliphatic heterocycles. The minimum atomic E-state index is -0.394. The second-order valence-electron chi connectivity index (χ2n) is 3.99. The summed E-state index contributed by atoms with van der Waals surface area (Å²) >= 11 is 3.46. The third kappa shape index (κ3) is 2.53. The monoisotopic (exact) mass is 323 g/mol. The van der Waals surface area contributed by atoms with E-state index in [0.29, 0.717) is 18.0 Å². The van der Waals surface area contributed by atoms with E-state index in [-0.39, 0.29) is 0 Å². The summed E-state index contributed by atoms with van der Waals surface area (Å²) in [7, 11) is 0. The molecular formula is C13H14BrN3O2. The Labute approximate surface area is 119 Å². The molecule has 0 saturated heterocycles. The van der Waals surface area contributed by atoms with E-state index in [9.17, 15) is 4.79 Å². The van der Waals surface area contributed by atoms with Gasteiger partial charge < -0.3 is 4.74 Å². The molecule has 5 nitrogen and oxygen atoms in total. The van der Waals surface area contributed by atoms with Crippen molar-refractivity contribution >= 4 is 21.9 Å².